The Morgan fingerprint density at radius 1 is 1.25 bits per heavy atom. The quantitative estimate of drug-likeness (QED) is 0.874. The Morgan fingerprint density at radius 3 is 2.80 bits per heavy atom. The predicted molar refractivity (Wildman–Crippen MR) is 84.3 cm³/mol. The van der Waals surface area contributed by atoms with Crippen LogP contribution in [0, 0.1) is 5.92 Å². The lowest BCUT2D eigenvalue weighted by atomic mass is 10.2. The Bertz CT molecular complexity index is 564. The molecular weight excluding hydrogens is 293 g/mol. The van der Waals surface area contributed by atoms with Gasteiger partial charge in [0.25, 0.3) is 0 Å². The van der Waals surface area contributed by atoms with Crippen molar-refractivity contribution in [1.29, 1.82) is 0 Å². The number of aromatic nitrogens is 2. The Balaban J connectivity index is 2.06. The van der Waals surface area contributed by atoms with Gasteiger partial charge in [-0.15, -0.1) is 0 Å². The van der Waals surface area contributed by atoms with Gasteiger partial charge in [-0.2, -0.15) is 5.10 Å². The highest BCUT2D eigenvalue weighted by atomic mass is 35.5. The van der Waals surface area contributed by atoms with E-state index < -0.39 is 0 Å². The zero-order valence-electron chi connectivity index (χ0n) is 11.7. The van der Waals surface area contributed by atoms with Crippen molar-refractivity contribution in [1.82, 2.24) is 15.1 Å². The summed E-state index contributed by atoms with van der Waals surface area (Å²) in [6.45, 7) is 6.80. The minimum absolute atomic E-state index is 0.630. The molecule has 0 bridgehead atoms. The minimum Gasteiger partial charge on any atom is -0.311 e. The molecule has 5 heteroatoms. The van der Waals surface area contributed by atoms with Gasteiger partial charge in [-0.05, 0) is 42.3 Å². The molecule has 0 fully saturated rings. The lowest BCUT2D eigenvalue weighted by molar-refractivity contribution is 0.529. The van der Waals surface area contributed by atoms with Crippen LogP contribution in [0.4, 0.5) is 0 Å². The molecule has 0 aliphatic carbocycles. The van der Waals surface area contributed by atoms with Gasteiger partial charge in [0, 0.05) is 22.8 Å². The normalized spacial score (nSPS) is 11.2. The van der Waals surface area contributed by atoms with Crippen LogP contribution in [-0.4, -0.2) is 16.3 Å². The number of nitrogens with one attached hydrogen (secondary N) is 1. The highest BCUT2D eigenvalue weighted by Gasteiger charge is 2.07. The van der Waals surface area contributed by atoms with E-state index in [9.17, 15) is 0 Å². The fourth-order valence-corrected chi connectivity index (χ4v) is 2.34. The number of rotatable bonds is 6. The second-order valence-electron chi connectivity index (χ2n) is 5.24. The third kappa shape index (κ3) is 4.23. The van der Waals surface area contributed by atoms with Crippen molar-refractivity contribution < 1.29 is 0 Å². The monoisotopic (exact) mass is 311 g/mol. The highest BCUT2D eigenvalue weighted by molar-refractivity contribution is 6.33. The van der Waals surface area contributed by atoms with Crippen molar-refractivity contribution in [3.05, 3.63) is 51.8 Å². The van der Waals surface area contributed by atoms with Gasteiger partial charge in [0.2, 0.25) is 0 Å². The molecule has 0 aliphatic heterocycles. The summed E-state index contributed by atoms with van der Waals surface area (Å²) in [4.78, 5) is 0. The fraction of sp³-hybridized carbons (Fsp3) is 0.400. The first-order valence-corrected chi connectivity index (χ1v) is 7.47. The molecule has 2 aromatic rings. The van der Waals surface area contributed by atoms with Crippen LogP contribution >= 0.6 is 23.2 Å². The maximum absolute atomic E-state index is 6.20. The van der Waals surface area contributed by atoms with Crippen LogP contribution in [0.5, 0.6) is 0 Å². The van der Waals surface area contributed by atoms with E-state index in [0.29, 0.717) is 22.5 Å². The molecule has 1 N–H and O–H groups in total. The highest BCUT2D eigenvalue weighted by Crippen LogP contribution is 2.21. The molecule has 0 aliphatic rings. The Labute approximate surface area is 129 Å². The molecule has 0 saturated carbocycles. The molecule has 20 heavy (non-hydrogen) atoms. The lowest BCUT2D eigenvalue weighted by Crippen LogP contribution is -2.21. The second-order valence-corrected chi connectivity index (χ2v) is 6.08. The first-order valence-electron chi connectivity index (χ1n) is 6.71. The molecule has 108 valence electrons. The van der Waals surface area contributed by atoms with Gasteiger partial charge >= 0.3 is 0 Å². The zero-order chi connectivity index (χ0) is 14.5. The number of hydrogen-bond acceptors (Lipinski definition) is 2. The van der Waals surface area contributed by atoms with E-state index in [1.807, 2.05) is 29.1 Å². The molecule has 3 nitrogen and oxygen atoms in total. The molecule has 2 rings (SSSR count). The van der Waals surface area contributed by atoms with E-state index in [-0.39, 0.29) is 0 Å². The van der Waals surface area contributed by atoms with E-state index in [0.717, 1.165) is 24.3 Å². The number of nitrogens with zero attached hydrogens (tertiary/aromatic N) is 2. The van der Waals surface area contributed by atoms with E-state index in [1.165, 1.54) is 0 Å². The summed E-state index contributed by atoms with van der Waals surface area (Å²) < 4.78 is 1.95. The van der Waals surface area contributed by atoms with E-state index in [1.54, 1.807) is 6.07 Å². The third-order valence-corrected chi connectivity index (χ3v) is 3.59. The van der Waals surface area contributed by atoms with Gasteiger partial charge < -0.3 is 5.32 Å². The van der Waals surface area contributed by atoms with E-state index in [4.69, 9.17) is 23.2 Å². The van der Waals surface area contributed by atoms with Gasteiger partial charge in [0.1, 0.15) is 0 Å². The Kier molecular flexibility index (Phi) is 5.46. The maximum Gasteiger partial charge on any atom is 0.0678 e. The summed E-state index contributed by atoms with van der Waals surface area (Å²) >= 11 is 12.2. The molecule has 0 unspecified atom stereocenters. The van der Waals surface area contributed by atoms with Crippen LogP contribution in [-0.2, 0) is 13.1 Å². The average Bonchev–Trinajstić information content (AvgIpc) is 2.81. The summed E-state index contributed by atoms with van der Waals surface area (Å²) in [5.41, 5.74) is 2.12. The van der Waals surface area contributed by atoms with Crippen molar-refractivity contribution in [2.75, 3.05) is 6.54 Å². The van der Waals surface area contributed by atoms with Crippen molar-refractivity contribution in [3.63, 3.8) is 0 Å². The van der Waals surface area contributed by atoms with Gasteiger partial charge in [0.15, 0.2) is 0 Å². The van der Waals surface area contributed by atoms with Gasteiger partial charge in [0.05, 0.1) is 12.2 Å². The maximum atomic E-state index is 6.20. The van der Waals surface area contributed by atoms with Crippen LogP contribution in [0.25, 0.3) is 0 Å². The van der Waals surface area contributed by atoms with Crippen LogP contribution in [0.3, 0.4) is 0 Å². The standard InChI is InChI=1S/C15H19Cl2N3/c1-11(2)8-18-9-14-5-6-19-20(14)10-12-7-13(16)3-4-15(12)17/h3-7,11,18H,8-10H2,1-2H3. The van der Waals surface area contributed by atoms with Gasteiger partial charge in [-0.3, -0.25) is 4.68 Å². The van der Waals surface area contributed by atoms with Crippen molar-refractivity contribution in [2.24, 2.45) is 5.92 Å². The molecule has 1 aromatic carbocycles. The number of benzene rings is 1. The third-order valence-electron chi connectivity index (χ3n) is 2.99. The van der Waals surface area contributed by atoms with Gasteiger partial charge in [-0.1, -0.05) is 37.0 Å². The molecule has 1 aromatic heterocycles. The Hall–Kier alpha value is -1.03. The van der Waals surface area contributed by atoms with Crippen LogP contribution in [0.15, 0.2) is 30.5 Å². The lowest BCUT2D eigenvalue weighted by Gasteiger charge is -2.11. The average molecular weight is 312 g/mol. The molecule has 0 radical (unpaired) electrons. The SMILES string of the molecule is CC(C)CNCc1ccnn1Cc1cc(Cl)ccc1Cl. The largest absolute Gasteiger partial charge is 0.311 e. The number of hydrogen-bond donors (Lipinski definition) is 1. The first-order chi connectivity index (χ1) is 9.56. The molecule has 0 amide bonds. The van der Waals surface area contributed by atoms with E-state index >= 15 is 0 Å². The van der Waals surface area contributed by atoms with Crippen molar-refractivity contribution >= 4 is 23.2 Å². The molecular formula is C15H19Cl2N3. The van der Waals surface area contributed by atoms with Crippen molar-refractivity contribution in [2.45, 2.75) is 26.9 Å². The first kappa shape index (κ1) is 15.4. The summed E-state index contributed by atoms with van der Waals surface area (Å²) in [6.07, 6.45) is 1.81. The fourth-order valence-electron chi connectivity index (χ4n) is 1.97. The zero-order valence-corrected chi connectivity index (χ0v) is 13.2. The minimum atomic E-state index is 0.630. The summed E-state index contributed by atoms with van der Waals surface area (Å²) in [5, 5.41) is 9.18. The summed E-state index contributed by atoms with van der Waals surface area (Å²) in [7, 11) is 0. The predicted octanol–water partition coefficient (Wildman–Crippen LogP) is 3.98. The molecule has 0 saturated heterocycles. The van der Waals surface area contributed by atoms with Gasteiger partial charge in [-0.25, -0.2) is 0 Å². The molecule has 1 heterocycles. The topological polar surface area (TPSA) is 29.9 Å². The van der Waals surface area contributed by atoms with Crippen LogP contribution in [0.1, 0.15) is 25.1 Å². The molecule has 0 atom stereocenters. The number of halogens is 2. The van der Waals surface area contributed by atoms with E-state index in [2.05, 4.69) is 24.3 Å². The second kappa shape index (κ2) is 7.11. The van der Waals surface area contributed by atoms with Crippen LogP contribution in [0.2, 0.25) is 10.0 Å². The Morgan fingerprint density at radius 2 is 2.05 bits per heavy atom. The molecule has 0 spiro atoms. The summed E-state index contributed by atoms with van der Waals surface area (Å²) in [5.74, 6) is 0.633. The summed E-state index contributed by atoms with van der Waals surface area (Å²) in [6, 6.07) is 7.52. The van der Waals surface area contributed by atoms with Crippen molar-refractivity contribution in [3.8, 4) is 0 Å². The van der Waals surface area contributed by atoms with Crippen LogP contribution < -0.4 is 5.32 Å². The smallest absolute Gasteiger partial charge is 0.0678 e.